The molecule has 3 rings (SSSR count). The van der Waals surface area contributed by atoms with Crippen molar-refractivity contribution in [2.45, 2.75) is 33.6 Å². The van der Waals surface area contributed by atoms with E-state index in [1.807, 2.05) is 48.0 Å². The molecule has 29 heavy (non-hydrogen) atoms. The number of ether oxygens (including phenoxy) is 2. The van der Waals surface area contributed by atoms with Gasteiger partial charge in [0, 0.05) is 17.7 Å². The quantitative estimate of drug-likeness (QED) is 0.548. The molecule has 1 unspecified atom stereocenters. The summed E-state index contributed by atoms with van der Waals surface area (Å²) < 4.78 is 15.5. The summed E-state index contributed by atoms with van der Waals surface area (Å²) in [4.78, 5) is 1.30. The Morgan fingerprint density at radius 1 is 1.00 bits per heavy atom. The first-order valence-electron chi connectivity index (χ1n) is 9.90. The summed E-state index contributed by atoms with van der Waals surface area (Å²) in [6, 6.07) is 16.2. The fourth-order valence-corrected chi connectivity index (χ4v) is 3.63. The SMILES string of the molecule is CCOc1ccc(C[NH+](C)Cn2nc(-c3ccc(OC)cc3)n(CC)c2=S)cc1. The topological polar surface area (TPSA) is 45.6 Å². The van der Waals surface area contributed by atoms with Crippen LogP contribution in [0.15, 0.2) is 48.5 Å². The van der Waals surface area contributed by atoms with Crippen molar-refractivity contribution in [2.24, 2.45) is 0 Å². The largest absolute Gasteiger partial charge is 0.497 e. The van der Waals surface area contributed by atoms with Crippen LogP contribution in [0.4, 0.5) is 0 Å². The lowest BCUT2D eigenvalue weighted by molar-refractivity contribution is -0.917. The minimum atomic E-state index is 0.680. The number of nitrogens with one attached hydrogen (secondary N) is 1. The van der Waals surface area contributed by atoms with Crippen LogP contribution in [0.2, 0.25) is 0 Å². The summed E-state index contributed by atoms with van der Waals surface area (Å²) in [5.41, 5.74) is 2.28. The molecular weight excluding hydrogens is 384 g/mol. The first-order chi connectivity index (χ1) is 14.0. The molecule has 0 aliphatic carbocycles. The lowest BCUT2D eigenvalue weighted by Gasteiger charge is -2.14. The number of hydrogen-bond acceptors (Lipinski definition) is 4. The summed E-state index contributed by atoms with van der Waals surface area (Å²) in [5.74, 6) is 2.62. The summed E-state index contributed by atoms with van der Waals surface area (Å²) in [5, 5.41) is 4.82. The molecule has 0 radical (unpaired) electrons. The lowest BCUT2D eigenvalue weighted by atomic mass is 10.2. The Morgan fingerprint density at radius 3 is 2.24 bits per heavy atom. The van der Waals surface area contributed by atoms with Gasteiger partial charge in [-0.05, 0) is 74.6 Å². The Labute approximate surface area is 177 Å². The van der Waals surface area contributed by atoms with E-state index in [4.69, 9.17) is 26.8 Å². The standard InChI is InChI=1S/C22H28N4O2S/c1-5-25-21(18-9-13-19(27-4)14-10-18)23-26(22(25)29)16-24(3)15-17-7-11-20(12-8-17)28-6-2/h7-14H,5-6,15-16H2,1-4H3/p+1. The van der Waals surface area contributed by atoms with Gasteiger partial charge in [-0.2, -0.15) is 4.68 Å². The van der Waals surface area contributed by atoms with Gasteiger partial charge in [-0.1, -0.05) is 0 Å². The van der Waals surface area contributed by atoms with E-state index in [1.165, 1.54) is 10.5 Å². The molecule has 0 aliphatic rings. The van der Waals surface area contributed by atoms with Gasteiger partial charge in [0.15, 0.2) is 12.5 Å². The van der Waals surface area contributed by atoms with Crippen LogP contribution in [0.3, 0.4) is 0 Å². The number of aromatic nitrogens is 3. The fourth-order valence-electron chi connectivity index (χ4n) is 3.31. The van der Waals surface area contributed by atoms with Gasteiger partial charge in [0.05, 0.1) is 20.8 Å². The minimum Gasteiger partial charge on any atom is -0.497 e. The lowest BCUT2D eigenvalue weighted by Crippen LogP contribution is -3.07. The van der Waals surface area contributed by atoms with E-state index in [2.05, 4.69) is 30.7 Å². The van der Waals surface area contributed by atoms with Crippen molar-refractivity contribution in [3.63, 3.8) is 0 Å². The minimum absolute atomic E-state index is 0.680. The Hall–Kier alpha value is -2.64. The maximum Gasteiger partial charge on any atom is 0.203 e. The molecule has 154 valence electrons. The van der Waals surface area contributed by atoms with Crippen LogP contribution in [0, 0.1) is 4.77 Å². The molecule has 3 aromatic rings. The molecule has 0 amide bonds. The van der Waals surface area contributed by atoms with E-state index in [0.717, 1.165) is 40.7 Å². The molecule has 1 N–H and O–H groups in total. The smallest absolute Gasteiger partial charge is 0.203 e. The average molecular weight is 414 g/mol. The molecule has 1 heterocycles. The van der Waals surface area contributed by atoms with Crippen molar-refractivity contribution >= 4 is 12.2 Å². The number of methoxy groups -OCH3 is 1. The molecule has 0 saturated carbocycles. The molecule has 0 fully saturated rings. The number of nitrogens with zero attached hydrogens (tertiary/aromatic N) is 3. The first-order valence-corrected chi connectivity index (χ1v) is 10.3. The molecule has 6 nitrogen and oxygen atoms in total. The number of rotatable bonds is 9. The molecule has 0 saturated heterocycles. The third kappa shape index (κ3) is 5.05. The Morgan fingerprint density at radius 2 is 1.66 bits per heavy atom. The van der Waals surface area contributed by atoms with Gasteiger partial charge in [-0.3, -0.25) is 0 Å². The van der Waals surface area contributed by atoms with E-state index in [0.29, 0.717) is 13.3 Å². The van der Waals surface area contributed by atoms with Gasteiger partial charge in [0.1, 0.15) is 18.0 Å². The first kappa shape index (κ1) is 21.1. The van der Waals surface area contributed by atoms with Gasteiger partial charge >= 0.3 is 0 Å². The van der Waals surface area contributed by atoms with Crippen molar-refractivity contribution in [3.8, 4) is 22.9 Å². The highest BCUT2D eigenvalue weighted by Gasteiger charge is 2.14. The van der Waals surface area contributed by atoms with Crippen LogP contribution in [0.25, 0.3) is 11.4 Å². The zero-order valence-electron chi connectivity index (χ0n) is 17.5. The molecular formula is C22H29N4O2S+. The highest BCUT2D eigenvalue weighted by Crippen LogP contribution is 2.21. The highest BCUT2D eigenvalue weighted by atomic mass is 32.1. The van der Waals surface area contributed by atoms with E-state index in [9.17, 15) is 0 Å². The zero-order chi connectivity index (χ0) is 20.8. The van der Waals surface area contributed by atoms with Gasteiger partial charge in [-0.25, -0.2) is 0 Å². The Bertz CT molecular complexity index is 978. The number of hydrogen-bond donors (Lipinski definition) is 1. The molecule has 7 heteroatoms. The normalized spacial score (nSPS) is 12.0. The van der Waals surface area contributed by atoms with E-state index in [1.54, 1.807) is 7.11 Å². The maximum atomic E-state index is 5.70. The van der Waals surface area contributed by atoms with Gasteiger partial charge < -0.3 is 18.9 Å². The number of quaternary nitrogens is 1. The predicted octanol–water partition coefficient (Wildman–Crippen LogP) is 3.18. The van der Waals surface area contributed by atoms with Crippen LogP contribution in [-0.4, -0.2) is 35.1 Å². The summed E-state index contributed by atoms with van der Waals surface area (Å²) in [6.45, 7) is 7.11. The van der Waals surface area contributed by atoms with E-state index < -0.39 is 0 Å². The average Bonchev–Trinajstić information content (AvgIpc) is 3.05. The molecule has 0 aliphatic heterocycles. The third-order valence-corrected chi connectivity index (χ3v) is 5.18. The van der Waals surface area contributed by atoms with E-state index in [-0.39, 0.29) is 0 Å². The Kier molecular flexibility index (Phi) is 7.06. The van der Waals surface area contributed by atoms with Crippen LogP contribution in [0.5, 0.6) is 11.5 Å². The maximum absolute atomic E-state index is 5.70. The summed E-state index contributed by atoms with van der Waals surface area (Å²) in [6.07, 6.45) is 0. The second-order valence-electron chi connectivity index (χ2n) is 6.95. The monoisotopic (exact) mass is 413 g/mol. The van der Waals surface area contributed by atoms with Gasteiger partial charge in [0.2, 0.25) is 4.77 Å². The Balaban J connectivity index is 1.76. The second-order valence-corrected chi connectivity index (χ2v) is 7.31. The highest BCUT2D eigenvalue weighted by molar-refractivity contribution is 7.71. The molecule has 2 aromatic carbocycles. The molecule has 0 spiro atoms. The van der Waals surface area contributed by atoms with Crippen LogP contribution < -0.4 is 14.4 Å². The number of benzene rings is 2. The van der Waals surface area contributed by atoms with E-state index >= 15 is 0 Å². The van der Waals surface area contributed by atoms with Crippen molar-refractivity contribution in [1.82, 2.24) is 14.3 Å². The zero-order valence-corrected chi connectivity index (χ0v) is 18.3. The fraction of sp³-hybridized carbons (Fsp3) is 0.364. The van der Waals surface area contributed by atoms with Crippen LogP contribution >= 0.6 is 12.2 Å². The van der Waals surface area contributed by atoms with Crippen molar-refractivity contribution in [2.75, 3.05) is 20.8 Å². The van der Waals surface area contributed by atoms with Crippen molar-refractivity contribution in [1.29, 1.82) is 0 Å². The molecule has 0 bridgehead atoms. The third-order valence-electron chi connectivity index (χ3n) is 4.75. The molecule has 1 atom stereocenters. The summed E-state index contributed by atoms with van der Waals surface area (Å²) in [7, 11) is 3.82. The van der Waals surface area contributed by atoms with Crippen LogP contribution in [-0.2, 0) is 19.8 Å². The van der Waals surface area contributed by atoms with Crippen molar-refractivity contribution < 1.29 is 14.4 Å². The van der Waals surface area contributed by atoms with Crippen molar-refractivity contribution in [3.05, 3.63) is 58.9 Å². The second kappa shape index (κ2) is 9.71. The van der Waals surface area contributed by atoms with Gasteiger partial charge in [0.25, 0.3) is 0 Å². The van der Waals surface area contributed by atoms with Crippen LogP contribution in [0.1, 0.15) is 19.4 Å². The molecule has 1 aromatic heterocycles. The van der Waals surface area contributed by atoms with Gasteiger partial charge in [-0.15, -0.1) is 5.10 Å². The predicted molar refractivity (Wildman–Crippen MR) is 117 cm³/mol. The summed E-state index contributed by atoms with van der Waals surface area (Å²) >= 11 is 5.70.